The molecule has 0 radical (unpaired) electrons. The topological polar surface area (TPSA) is 86.7 Å². The minimum Gasteiger partial charge on any atom is -0.458 e. The van der Waals surface area contributed by atoms with E-state index in [0.717, 1.165) is 6.08 Å². The third-order valence-corrected chi connectivity index (χ3v) is 7.24. The molecule has 0 heterocycles. The summed E-state index contributed by atoms with van der Waals surface area (Å²) < 4.78 is 43.2. The van der Waals surface area contributed by atoms with E-state index in [1.165, 1.54) is 30.3 Å². The third kappa shape index (κ3) is 3.77. The van der Waals surface area contributed by atoms with Crippen LogP contribution in [0.3, 0.4) is 0 Å². The fourth-order valence-electron chi connectivity index (χ4n) is 5.42. The monoisotopic (exact) mass is 492 g/mol. The fraction of sp³-hybridized carbons (Fsp3) is 0.286. The number of esters is 2. The molecule has 184 valence electrons. The third-order valence-electron chi connectivity index (χ3n) is 7.24. The van der Waals surface area contributed by atoms with Crippen LogP contribution in [0.5, 0.6) is 0 Å². The quantitative estimate of drug-likeness (QED) is 0.567. The van der Waals surface area contributed by atoms with E-state index in [2.05, 4.69) is 0 Å². The molecule has 4 aliphatic carbocycles. The maximum Gasteiger partial charge on any atom is 0.338 e. The van der Waals surface area contributed by atoms with Crippen molar-refractivity contribution in [1.29, 1.82) is 0 Å². The molecular weight excluding hydrogens is 470 g/mol. The molecule has 0 N–H and O–H groups in total. The van der Waals surface area contributed by atoms with Gasteiger partial charge in [0.05, 0.1) is 11.1 Å². The highest BCUT2D eigenvalue weighted by Gasteiger charge is 2.67. The summed E-state index contributed by atoms with van der Waals surface area (Å²) in [6.45, 7) is -1.84. The van der Waals surface area contributed by atoms with Crippen LogP contribution in [0.1, 0.15) is 27.1 Å². The van der Waals surface area contributed by atoms with Gasteiger partial charge in [-0.3, -0.25) is 9.59 Å². The first kappa shape index (κ1) is 23.8. The van der Waals surface area contributed by atoms with Crippen LogP contribution in [-0.4, -0.2) is 48.1 Å². The zero-order valence-electron chi connectivity index (χ0n) is 19.1. The number of Topliss-reactive ketones (excluding diaryl/α,β-unsaturated/α-hetero) is 1. The van der Waals surface area contributed by atoms with Gasteiger partial charge in [0.25, 0.3) is 0 Å². The molecule has 0 aliphatic heterocycles. The normalized spacial score (nSPS) is 30.4. The van der Waals surface area contributed by atoms with Gasteiger partial charge in [-0.25, -0.2) is 18.4 Å². The van der Waals surface area contributed by atoms with Gasteiger partial charge in [0, 0.05) is 23.3 Å². The molecule has 0 aromatic heterocycles. The van der Waals surface area contributed by atoms with Gasteiger partial charge in [-0.05, 0) is 36.8 Å². The number of ketones is 2. The van der Waals surface area contributed by atoms with Gasteiger partial charge >= 0.3 is 11.9 Å². The predicted octanol–water partition coefficient (Wildman–Crippen LogP) is 4.02. The van der Waals surface area contributed by atoms with Gasteiger partial charge in [0.1, 0.15) is 13.2 Å². The summed E-state index contributed by atoms with van der Waals surface area (Å²) in [5.41, 5.74) is -5.10. The lowest BCUT2D eigenvalue weighted by atomic mass is 9.51. The smallest absolute Gasteiger partial charge is 0.338 e. The van der Waals surface area contributed by atoms with E-state index < -0.39 is 65.8 Å². The Morgan fingerprint density at radius 3 is 1.92 bits per heavy atom. The van der Waals surface area contributed by atoms with E-state index in [1.54, 1.807) is 42.5 Å². The summed E-state index contributed by atoms with van der Waals surface area (Å²) in [5.74, 6) is -6.97. The number of halogens is 2. The highest BCUT2D eigenvalue weighted by molar-refractivity contribution is 6.07. The van der Waals surface area contributed by atoms with Gasteiger partial charge in [-0.1, -0.05) is 48.6 Å². The van der Waals surface area contributed by atoms with Crippen molar-refractivity contribution >= 4 is 23.5 Å². The van der Waals surface area contributed by atoms with Crippen LogP contribution >= 0.6 is 0 Å². The Morgan fingerprint density at radius 1 is 0.833 bits per heavy atom. The van der Waals surface area contributed by atoms with Crippen molar-refractivity contribution in [3.05, 3.63) is 95.6 Å². The van der Waals surface area contributed by atoms with Crippen LogP contribution in [0.2, 0.25) is 0 Å². The summed E-state index contributed by atoms with van der Waals surface area (Å²) in [7, 11) is 0. The van der Waals surface area contributed by atoms with Crippen molar-refractivity contribution in [2.75, 3.05) is 13.2 Å². The molecule has 0 saturated heterocycles. The van der Waals surface area contributed by atoms with E-state index in [9.17, 15) is 19.2 Å². The van der Waals surface area contributed by atoms with Crippen molar-refractivity contribution in [3.63, 3.8) is 0 Å². The molecule has 36 heavy (non-hydrogen) atoms. The molecular formula is C28H22F2O6. The Morgan fingerprint density at radius 2 is 1.36 bits per heavy atom. The predicted molar refractivity (Wildman–Crippen MR) is 123 cm³/mol. The van der Waals surface area contributed by atoms with Crippen LogP contribution in [0, 0.1) is 17.8 Å². The summed E-state index contributed by atoms with van der Waals surface area (Å²) >= 11 is 0. The average Bonchev–Trinajstić information content (AvgIpc) is 2.91. The molecule has 1 fully saturated rings. The van der Waals surface area contributed by atoms with E-state index in [-0.39, 0.29) is 23.1 Å². The second kappa shape index (κ2) is 8.93. The Labute approximate surface area is 205 Å². The molecule has 6 nitrogen and oxygen atoms in total. The summed E-state index contributed by atoms with van der Waals surface area (Å²) in [6, 6.07) is 15.8. The zero-order chi connectivity index (χ0) is 25.5. The molecule has 6 rings (SSSR count). The highest BCUT2D eigenvalue weighted by Crippen LogP contribution is 2.57. The average molecular weight is 492 g/mol. The van der Waals surface area contributed by atoms with Crippen LogP contribution in [0.25, 0.3) is 0 Å². The standard InChI is InChI=1S/C28H22F2O6/c29-27(15-35-25(33)17-7-3-1-4-8-17)21-13-11-20(24(27)32)19-12-14-22(31)28(30,23(19)21)16-36-26(34)18-9-5-2-6-10-18/h1-12,14,19,21,23H,13,15-16H2/t19-,21-,23-,27+,28-/m0/s1. The number of allylic oxidation sites excluding steroid dienone is 4. The van der Waals surface area contributed by atoms with Crippen LogP contribution < -0.4 is 0 Å². The Kier molecular flexibility index (Phi) is 5.90. The number of rotatable bonds is 6. The maximum atomic E-state index is 16.5. The number of benzene rings is 2. The maximum absolute atomic E-state index is 16.5. The number of alkyl halides is 2. The van der Waals surface area contributed by atoms with Gasteiger partial charge in [-0.15, -0.1) is 0 Å². The lowest BCUT2D eigenvalue weighted by Gasteiger charge is -2.53. The van der Waals surface area contributed by atoms with Crippen molar-refractivity contribution < 1.29 is 37.4 Å². The summed E-state index contributed by atoms with van der Waals surface area (Å²) in [5, 5.41) is 0. The van der Waals surface area contributed by atoms with Crippen molar-refractivity contribution in [2.24, 2.45) is 17.8 Å². The molecule has 1 saturated carbocycles. The second-order valence-electron chi connectivity index (χ2n) is 9.21. The SMILES string of the molecule is O=C(OC[C@]1(F)C(=O)C=C[C@H]2C3=CC[C@@H]([C@H]21)[C@](F)(COC(=O)c1ccccc1)C3=O)c1ccccc1. The number of ether oxygens (including phenoxy) is 2. The Balaban J connectivity index is 1.41. The van der Waals surface area contributed by atoms with E-state index >= 15 is 8.78 Å². The molecule has 0 spiro atoms. The molecule has 2 aromatic carbocycles. The number of carbonyl (C=O) groups excluding carboxylic acids is 4. The first-order valence-electron chi connectivity index (χ1n) is 11.6. The number of hydrogen-bond donors (Lipinski definition) is 0. The summed E-state index contributed by atoms with van der Waals surface area (Å²) in [4.78, 5) is 50.7. The first-order chi connectivity index (χ1) is 17.3. The number of fused-ring (bicyclic) bond motifs is 2. The van der Waals surface area contributed by atoms with E-state index in [1.807, 2.05) is 0 Å². The molecule has 4 aliphatic rings. The van der Waals surface area contributed by atoms with E-state index in [4.69, 9.17) is 9.47 Å². The zero-order valence-corrected chi connectivity index (χ0v) is 19.1. The Bertz CT molecular complexity index is 1290. The summed E-state index contributed by atoms with van der Waals surface area (Å²) in [6.07, 6.45) is 3.93. The lowest BCUT2D eigenvalue weighted by molar-refractivity contribution is -0.161. The second-order valence-corrected chi connectivity index (χ2v) is 9.21. The number of hydrogen-bond acceptors (Lipinski definition) is 6. The fourth-order valence-corrected chi connectivity index (χ4v) is 5.42. The van der Waals surface area contributed by atoms with Crippen LogP contribution in [0.4, 0.5) is 8.78 Å². The highest BCUT2D eigenvalue weighted by atomic mass is 19.1. The molecule has 0 amide bonds. The van der Waals surface area contributed by atoms with Crippen molar-refractivity contribution in [1.82, 2.24) is 0 Å². The molecule has 5 atom stereocenters. The molecule has 2 aromatic rings. The Hall–Kier alpha value is -3.94. The first-order valence-corrected chi connectivity index (χ1v) is 11.6. The van der Waals surface area contributed by atoms with Gasteiger partial charge in [0.15, 0.2) is 11.6 Å². The molecule has 2 bridgehead atoms. The van der Waals surface area contributed by atoms with Gasteiger partial charge in [-0.2, -0.15) is 0 Å². The van der Waals surface area contributed by atoms with E-state index in [0.29, 0.717) is 0 Å². The number of carbonyl (C=O) groups is 4. The largest absolute Gasteiger partial charge is 0.458 e. The van der Waals surface area contributed by atoms with Crippen LogP contribution in [0.15, 0.2) is 84.5 Å². The van der Waals surface area contributed by atoms with Gasteiger partial charge < -0.3 is 9.47 Å². The minimum absolute atomic E-state index is 0.0267. The van der Waals surface area contributed by atoms with Crippen molar-refractivity contribution in [3.8, 4) is 0 Å². The van der Waals surface area contributed by atoms with Gasteiger partial charge in [0.2, 0.25) is 11.3 Å². The minimum atomic E-state index is -2.75. The van der Waals surface area contributed by atoms with Crippen LogP contribution in [-0.2, 0) is 19.1 Å². The molecule has 8 heteroatoms. The lowest BCUT2D eigenvalue weighted by Crippen LogP contribution is -2.66. The van der Waals surface area contributed by atoms with Crippen molar-refractivity contribution in [2.45, 2.75) is 17.8 Å². The molecule has 0 unspecified atom stereocenters.